The molecule has 0 saturated carbocycles. The number of rotatable bonds is 3. The summed E-state index contributed by atoms with van der Waals surface area (Å²) in [6, 6.07) is 13.8. The molecular formula is C14H9Cl3O. The van der Waals surface area contributed by atoms with Gasteiger partial charge in [-0.1, -0.05) is 53.5 Å². The lowest BCUT2D eigenvalue weighted by Crippen LogP contribution is -2.08. The smallest absolute Gasteiger partial charge is 0.186 e. The third-order valence-electron chi connectivity index (χ3n) is 2.55. The molecule has 0 radical (unpaired) electrons. The lowest BCUT2D eigenvalue weighted by molar-refractivity contribution is 0.0987. The Morgan fingerprint density at radius 1 is 0.889 bits per heavy atom. The Bertz CT molecular complexity index is 581. The van der Waals surface area contributed by atoms with Crippen LogP contribution in [0.2, 0.25) is 10.0 Å². The summed E-state index contributed by atoms with van der Waals surface area (Å²) < 4.78 is 0. The van der Waals surface area contributed by atoms with Gasteiger partial charge in [0.1, 0.15) is 5.38 Å². The lowest BCUT2D eigenvalue weighted by Gasteiger charge is -2.11. The fourth-order valence-electron chi connectivity index (χ4n) is 1.62. The first kappa shape index (κ1) is 13.4. The van der Waals surface area contributed by atoms with Gasteiger partial charge in [-0.25, -0.2) is 0 Å². The van der Waals surface area contributed by atoms with Gasteiger partial charge < -0.3 is 0 Å². The summed E-state index contributed by atoms with van der Waals surface area (Å²) in [6.45, 7) is 0. The molecule has 0 aliphatic rings. The molecule has 0 fully saturated rings. The van der Waals surface area contributed by atoms with E-state index in [4.69, 9.17) is 34.8 Å². The van der Waals surface area contributed by atoms with Crippen molar-refractivity contribution in [1.29, 1.82) is 0 Å². The van der Waals surface area contributed by atoms with Crippen molar-refractivity contribution in [2.75, 3.05) is 0 Å². The molecule has 2 rings (SSSR count). The van der Waals surface area contributed by atoms with Gasteiger partial charge in [-0.05, 0) is 23.8 Å². The molecule has 1 atom stereocenters. The summed E-state index contributed by atoms with van der Waals surface area (Å²) in [5, 5.41) is 0.0247. The largest absolute Gasteiger partial charge is 0.292 e. The molecule has 0 aromatic heterocycles. The first-order chi connectivity index (χ1) is 8.61. The standard InChI is InChI=1S/C14H9Cl3O/c15-11-7-3-1-5-9(11)13(17)14(18)10-6-2-4-8-12(10)16/h1-8,13H. The van der Waals surface area contributed by atoms with Gasteiger partial charge in [0.25, 0.3) is 0 Å². The van der Waals surface area contributed by atoms with Crippen molar-refractivity contribution < 1.29 is 4.79 Å². The molecule has 1 nitrogen and oxygen atoms in total. The van der Waals surface area contributed by atoms with Crippen molar-refractivity contribution in [3.8, 4) is 0 Å². The number of carbonyl (C=O) groups is 1. The number of alkyl halides is 1. The first-order valence-electron chi connectivity index (χ1n) is 5.28. The maximum Gasteiger partial charge on any atom is 0.186 e. The summed E-state index contributed by atoms with van der Waals surface area (Å²) in [4.78, 5) is 12.2. The molecule has 0 aliphatic heterocycles. The number of benzene rings is 2. The van der Waals surface area contributed by atoms with Crippen LogP contribution in [0.1, 0.15) is 21.3 Å². The van der Waals surface area contributed by atoms with Gasteiger partial charge in [0, 0.05) is 10.6 Å². The SMILES string of the molecule is O=C(c1ccccc1Cl)C(Cl)c1ccccc1Cl. The van der Waals surface area contributed by atoms with Crippen molar-refractivity contribution in [1.82, 2.24) is 0 Å². The molecule has 0 spiro atoms. The fourth-order valence-corrected chi connectivity index (χ4v) is 2.46. The first-order valence-corrected chi connectivity index (χ1v) is 6.47. The van der Waals surface area contributed by atoms with Gasteiger partial charge >= 0.3 is 0 Å². The van der Waals surface area contributed by atoms with E-state index in [2.05, 4.69) is 0 Å². The van der Waals surface area contributed by atoms with E-state index in [0.29, 0.717) is 21.2 Å². The zero-order valence-electron chi connectivity index (χ0n) is 9.24. The monoisotopic (exact) mass is 298 g/mol. The van der Waals surface area contributed by atoms with E-state index in [1.54, 1.807) is 48.5 Å². The van der Waals surface area contributed by atoms with Crippen LogP contribution in [-0.4, -0.2) is 5.78 Å². The van der Waals surface area contributed by atoms with E-state index in [9.17, 15) is 4.79 Å². The minimum Gasteiger partial charge on any atom is -0.292 e. The van der Waals surface area contributed by atoms with Gasteiger partial charge in [-0.2, -0.15) is 0 Å². The van der Waals surface area contributed by atoms with E-state index in [0.717, 1.165) is 0 Å². The highest BCUT2D eigenvalue weighted by molar-refractivity contribution is 6.40. The second-order valence-electron chi connectivity index (χ2n) is 3.73. The zero-order valence-corrected chi connectivity index (χ0v) is 11.5. The molecular weight excluding hydrogens is 291 g/mol. The third kappa shape index (κ3) is 2.69. The molecule has 2 aromatic rings. The Labute approximate surface area is 120 Å². The fraction of sp³-hybridized carbons (Fsp3) is 0.0714. The molecule has 4 heteroatoms. The van der Waals surface area contributed by atoms with Crippen molar-refractivity contribution in [3.05, 3.63) is 69.7 Å². The second-order valence-corrected chi connectivity index (χ2v) is 4.98. The highest BCUT2D eigenvalue weighted by Gasteiger charge is 2.22. The van der Waals surface area contributed by atoms with Gasteiger partial charge in [0.15, 0.2) is 5.78 Å². The number of hydrogen-bond donors (Lipinski definition) is 0. The lowest BCUT2D eigenvalue weighted by atomic mass is 10.0. The molecule has 92 valence electrons. The van der Waals surface area contributed by atoms with Crippen LogP contribution in [0, 0.1) is 0 Å². The molecule has 0 amide bonds. The van der Waals surface area contributed by atoms with Crippen LogP contribution in [0.5, 0.6) is 0 Å². The Hall–Kier alpha value is -1.02. The summed E-state index contributed by atoms with van der Waals surface area (Å²) >= 11 is 18.2. The normalized spacial score (nSPS) is 12.2. The predicted octanol–water partition coefficient (Wildman–Crippen LogP) is 5.16. The van der Waals surface area contributed by atoms with Crippen LogP contribution < -0.4 is 0 Å². The van der Waals surface area contributed by atoms with E-state index in [1.807, 2.05) is 0 Å². The minimum atomic E-state index is -0.835. The maximum absolute atomic E-state index is 12.2. The van der Waals surface area contributed by atoms with Gasteiger partial charge in [-0.3, -0.25) is 4.79 Å². The topological polar surface area (TPSA) is 17.1 Å². The quantitative estimate of drug-likeness (QED) is 0.565. The zero-order chi connectivity index (χ0) is 13.1. The Kier molecular flexibility index (Phi) is 4.28. The molecule has 0 aliphatic carbocycles. The highest BCUT2D eigenvalue weighted by Crippen LogP contribution is 2.32. The Morgan fingerprint density at radius 3 is 2.06 bits per heavy atom. The van der Waals surface area contributed by atoms with Crippen LogP contribution in [0.3, 0.4) is 0 Å². The van der Waals surface area contributed by atoms with Crippen molar-refractivity contribution in [2.45, 2.75) is 5.38 Å². The van der Waals surface area contributed by atoms with E-state index < -0.39 is 5.38 Å². The van der Waals surface area contributed by atoms with Crippen LogP contribution in [0.25, 0.3) is 0 Å². The van der Waals surface area contributed by atoms with Crippen LogP contribution >= 0.6 is 34.8 Å². The average Bonchev–Trinajstić information content (AvgIpc) is 2.38. The number of carbonyl (C=O) groups excluding carboxylic acids is 1. The molecule has 0 bridgehead atoms. The van der Waals surface area contributed by atoms with E-state index >= 15 is 0 Å². The molecule has 2 aromatic carbocycles. The summed E-state index contributed by atoms with van der Waals surface area (Å²) in [7, 11) is 0. The van der Waals surface area contributed by atoms with Crippen LogP contribution in [-0.2, 0) is 0 Å². The molecule has 0 saturated heterocycles. The second kappa shape index (κ2) is 5.75. The van der Waals surface area contributed by atoms with Crippen molar-refractivity contribution in [2.24, 2.45) is 0 Å². The number of ketones is 1. The number of Topliss-reactive ketones (excluding diaryl/α,β-unsaturated/α-hetero) is 1. The van der Waals surface area contributed by atoms with E-state index in [1.165, 1.54) is 0 Å². The van der Waals surface area contributed by atoms with Gasteiger partial charge in [0.05, 0.1) is 5.02 Å². The highest BCUT2D eigenvalue weighted by atomic mass is 35.5. The van der Waals surface area contributed by atoms with Crippen molar-refractivity contribution in [3.63, 3.8) is 0 Å². The minimum absolute atomic E-state index is 0.254. The number of hydrogen-bond acceptors (Lipinski definition) is 1. The summed E-state index contributed by atoms with van der Waals surface area (Å²) in [5.74, 6) is -0.254. The summed E-state index contributed by atoms with van der Waals surface area (Å²) in [6.07, 6.45) is 0. The molecule has 18 heavy (non-hydrogen) atoms. The Balaban J connectivity index is 2.36. The molecule has 0 heterocycles. The van der Waals surface area contributed by atoms with Gasteiger partial charge in [0.2, 0.25) is 0 Å². The molecule has 0 N–H and O–H groups in total. The maximum atomic E-state index is 12.2. The summed E-state index contributed by atoms with van der Waals surface area (Å²) in [5.41, 5.74) is 0.991. The third-order valence-corrected chi connectivity index (χ3v) is 3.65. The average molecular weight is 300 g/mol. The number of halogens is 3. The van der Waals surface area contributed by atoms with Crippen LogP contribution in [0.4, 0.5) is 0 Å². The Morgan fingerprint density at radius 2 is 1.44 bits per heavy atom. The molecule has 1 unspecified atom stereocenters. The predicted molar refractivity (Wildman–Crippen MR) is 75.8 cm³/mol. The van der Waals surface area contributed by atoms with Gasteiger partial charge in [-0.15, -0.1) is 11.6 Å². The van der Waals surface area contributed by atoms with Crippen molar-refractivity contribution >= 4 is 40.6 Å². The van der Waals surface area contributed by atoms with Crippen LogP contribution in [0.15, 0.2) is 48.5 Å². The van der Waals surface area contributed by atoms with E-state index in [-0.39, 0.29) is 5.78 Å².